The molecule has 1 fully saturated rings. The molecule has 1 aliphatic rings. The quantitative estimate of drug-likeness (QED) is 0.759. The molecule has 1 saturated heterocycles. The number of H-pyrrole nitrogens is 1. The summed E-state index contributed by atoms with van der Waals surface area (Å²) in [7, 11) is 0. The standard InChI is InChI=1S/C15H15N5OS/c1-8-12(22-15(16)17-8)14(21)20-6-9(7-20)13-18-10-4-2-3-5-11(10)19-13/h2-5,9H,6-7H2,1H3,(H2,16,17)(H,18,19). The summed E-state index contributed by atoms with van der Waals surface area (Å²) in [6, 6.07) is 7.95. The molecule has 22 heavy (non-hydrogen) atoms. The molecule has 1 aromatic carbocycles. The number of rotatable bonds is 2. The van der Waals surface area contributed by atoms with Crippen molar-refractivity contribution in [1.82, 2.24) is 19.9 Å². The minimum Gasteiger partial charge on any atom is -0.375 e. The lowest BCUT2D eigenvalue weighted by atomic mass is 9.99. The first kappa shape index (κ1) is 13.3. The number of likely N-dealkylation sites (tertiary alicyclic amines) is 1. The lowest BCUT2D eigenvalue weighted by Crippen LogP contribution is -2.48. The molecule has 3 N–H and O–H groups in total. The Kier molecular flexibility index (Phi) is 2.90. The van der Waals surface area contributed by atoms with Crippen LogP contribution in [-0.4, -0.2) is 38.8 Å². The summed E-state index contributed by atoms with van der Waals surface area (Å²) < 4.78 is 0. The predicted octanol–water partition coefficient (Wildman–Crippen LogP) is 2.15. The summed E-state index contributed by atoms with van der Waals surface area (Å²) in [6.07, 6.45) is 0. The summed E-state index contributed by atoms with van der Waals surface area (Å²) >= 11 is 1.25. The molecule has 0 radical (unpaired) electrons. The van der Waals surface area contributed by atoms with Crippen molar-refractivity contribution in [2.75, 3.05) is 18.8 Å². The highest BCUT2D eigenvalue weighted by molar-refractivity contribution is 7.17. The van der Waals surface area contributed by atoms with Gasteiger partial charge in [0.1, 0.15) is 10.7 Å². The molecule has 112 valence electrons. The minimum absolute atomic E-state index is 0.0130. The van der Waals surface area contributed by atoms with Crippen LogP contribution in [-0.2, 0) is 0 Å². The number of hydrogen-bond acceptors (Lipinski definition) is 5. The van der Waals surface area contributed by atoms with E-state index in [-0.39, 0.29) is 11.8 Å². The first-order chi connectivity index (χ1) is 10.6. The maximum atomic E-state index is 12.4. The molecule has 0 spiro atoms. The van der Waals surface area contributed by atoms with Crippen LogP contribution < -0.4 is 5.73 Å². The number of aryl methyl sites for hydroxylation is 1. The Labute approximate surface area is 131 Å². The third-order valence-corrected chi connectivity index (χ3v) is 4.95. The third kappa shape index (κ3) is 2.05. The van der Waals surface area contributed by atoms with Gasteiger partial charge in [-0.15, -0.1) is 0 Å². The van der Waals surface area contributed by atoms with Gasteiger partial charge in [0.05, 0.1) is 22.6 Å². The van der Waals surface area contributed by atoms with Gasteiger partial charge >= 0.3 is 0 Å². The van der Waals surface area contributed by atoms with Crippen LogP contribution in [0.3, 0.4) is 0 Å². The van der Waals surface area contributed by atoms with Crippen molar-refractivity contribution < 1.29 is 4.79 Å². The predicted molar refractivity (Wildman–Crippen MR) is 86.0 cm³/mol. The SMILES string of the molecule is Cc1nc(N)sc1C(=O)N1CC(c2nc3ccccc3[nH]2)C1. The molecular weight excluding hydrogens is 298 g/mol. The largest absolute Gasteiger partial charge is 0.375 e. The summed E-state index contributed by atoms with van der Waals surface area (Å²) in [5, 5.41) is 0.440. The van der Waals surface area contributed by atoms with Crippen molar-refractivity contribution >= 4 is 33.4 Å². The highest BCUT2D eigenvalue weighted by Crippen LogP contribution is 2.30. The minimum atomic E-state index is 0.0130. The molecule has 1 amide bonds. The Morgan fingerprint density at radius 2 is 2.14 bits per heavy atom. The number of amides is 1. The van der Waals surface area contributed by atoms with Crippen LogP contribution in [0.5, 0.6) is 0 Å². The van der Waals surface area contributed by atoms with Gasteiger partial charge in [0.2, 0.25) is 0 Å². The topological polar surface area (TPSA) is 87.9 Å². The zero-order chi connectivity index (χ0) is 15.3. The van der Waals surface area contributed by atoms with E-state index >= 15 is 0 Å². The number of hydrogen-bond donors (Lipinski definition) is 2. The van der Waals surface area contributed by atoms with Gasteiger partial charge < -0.3 is 15.6 Å². The Balaban J connectivity index is 1.49. The number of aromatic nitrogens is 3. The molecular formula is C15H15N5OS. The zero-order valence-electron chi connectivity index (χ0n) is 12.0. The van der Waals surface area contributed by atoms with Crippen LogP contribution in [0, 0.1) is 6.92 Å². The number of benzene rings is 1. The van der Waals surface area contributed by atoms with E-state index in [9.17, 15) is 4.79 Å². The number of nitrogens with one attached hydrogen (secondary N) is 1. The van der Waals surface area contributed by atoms with Crippen molar-refractivity contribution in [3.8, 4) is 0 Å². The highest BCUT2D eigenvalue weighted by atomic mass is 32.1. The monoisotopic (exact) mass is 313 g/mol. The van der Waals surface area contributed by atoms with E-state index in [0.29, 0.717) is 28.8 Å². The molecule has 0 aliphatic carbocycles. The number of carbonyl (C=O) groups is 1. The van der Waals surface area contributed by atoms with E-state index in [1.807, 2.05) is 36.1 Å². The molecule has 2 aromatic heterocycles. The Morgan fingerprint density at radius 1 is 1.36 bits per heavy atom. The number of nitrogen functional groups attached to an aromatic ring is 1. The van der Waals surface area contributed by atoms with Gasteiger partial charge in [-0.1, -0.05) is 23.5 Å². The van der Waals surface area contributed by atoms with E-state index in [1.165, 1.54) is 11.3 Å². The fraction of sp³-hybridized carbons (Fsp3) is 0.267. The lowest BCUT2D eigenvalue weighted by Gasteiger charge is -2.37. The fourth-order valence-corrected chi connectivity index (χ4v) is 3.54. The summed E-state index contributed by atoms with van der Waals surface area (Å²) in [5.74, 6) is 1.23. The van der Waals surface area contributed by atoms with Gasteiger partial charge in [0.15, 0.2) is 5.13 Å². The summed E-state index contributed by atoms with van der Waals surface area (Å²) in [4.78, 5) is 26.9. The molecule has 6 nitrogen and oxygen atoms in total. The molecule has 3 heterocycles. The highest BCUT2D eigenvalue weighted by Gasteiger charge is 2.35. The molecule has 4 rings (SSSR count). The normalized spacial score (nSPS) is 15.2. The fourth-order valence-electron chi connectivity index (χ4n) is 2.74. The Hall–Kier alpha value is -2.41. The average Bonchev–Trinajstić information content (AvgIpc) is 2.99. The number of fused-ring (bicyclic) bond motifs is 1. The lowest BCUT2D eigenvalue weighted by molar-refractivity contribution is 0.0600. The maximum absolute atomic E-state index is 12.4. The van der Waals surface area contributed by atoms with Crippen molar-refractivity contribution in [3.05, 3.63) is 40.7 Å². The smallest absolute Gasteiger partial charge is 0.265 e. The van der Waals surface area contributed by atoms with Crippen LogP contribution in [0.4, 0.5) is 5.13 Å². The van der Waals surface area contributed by atoms with Crippen LogP contribution in [0.1, 0.15) is 27.1 Å². The Bertz CT molecular complexity index is 829. The number of nitrogens with two attached hydrogens (primary N) is 1. The molecule has 0 saturated carbocycles. The van der Waals surface area contributed by atoms with Crippen LogP contribution in [0.15, 0.2) is 24.3 Å². The van der Waals surface area contributed by atoms with Gasteiger partial charge in [-0.2, -0.15) is 0 Å². The van der Waals surface area contributed by atoms with Crippen LogP contribution in [0.25, 0.3) is 11.0 Å². The first-order valence-electron chi connectivity index (χ1n) is 7.08. The molecule has 1 aliphatic heterocycles. The van der Waals surface area contributed by atoms with E-state index in [2.05, 4.69) is 15.0 Å². The van der Waals surface area contributed by atoms with Crippen molar-refractivity contribution in [2.45, 2.75) is 12.8 Å². The van der Waals surface area contributed by atoms with Crippen molar-refractivity contribution in [3.63, 3.8) is 0 Å². The van der Waals surface area contributed by atoms with E-state index in [4.69, 9.17) is 5.73 Å². The third-order valence-electron chi connectivity index (χ3n) is 3.97. The number of para-hydroxylation sites is 2. The number of thiazole rings is 1. The second kappa shape index (κ2) is 4.81. The second-order valence-electron chi connectivity index (χ2n) is 5.51. The van der Waals surface area contributed by atoms with E-state index < -0.39 is 0 Å². The second-order valence-corrected chi connectivity index (χ2v) is 6.54. The molecule has 0 atom stereocenters. The van der Waals surface area contributed by atoms with Crippen LogP contribution in [0.2, 0.25) is 0 Å². The molecule has 0 bridgehead atoms. The van der Waals surface area contributed by atoms with Crippen LogP contribution >= 0.6 is 11.3 Å². The number of carbonyl (C=O) groups excluding carboxylic acids is 1. The van der Waals surface area contributed by atoms with Gasteiger partial charge in [-0.25, -0.2) is 9.97 Å². The van der Waals surface area contributed by atoms with Gasteiger partial charge in [-0.3, -0.25) is 4.79 Å². The number of anilines is 1. The summed E-state index contributed by atoms with van der Waals surface area (Å²) in [5.41, 5.74) is 8.37. The maximum Gasteiger partial charge on any atom is 0.265 e. The van der Waals surface area contributed by atoms with Gasteiger partial charge in [-0.05, 0) is 19.1 Å². The van der Waals surface area contributed by atoms with E-state index in [0.717, 1.165) is 16.9 Å². The van der Waals surface area contributed by atoms with Crippen molar-refractivity contribution in [1.29, 1.82) is 0 Å². The molecule has 3 aromatic rings. The molecule has 0 unspecified atom stereocenters. The number of aromatic amines is 1. The summed E-state index contributed by atoms with van der Waals surface area (Å²) in [6.45, 7) is 3.17. The molecule has 7 heteroatoms. The Morgan fingerprint density at radius 3 is 2.82 bits per heavy atom. The number of nitrogens with zero attached hydrogens (tertiary/aromatic N) is 3. The van der Waals surface area contributed by atoms with E-state index in [1.54, 1.807) is 0 Å². The van der Waals surface area contributed by atoms with Gasteiger partial charge in [0.25, 0.3) is 5.91 Å². The zero-order valence-corrected chi connectivity index (χ0v) is 12.9. The first-order valence-corrected chi connectivity index (χ1v) is 7.90. The average molecular weight is 313 g/mol. The van der Waals surface area contributed by atoms with Crippen molar-refractivity contribution in [2.24, 2.45) is 0 Å². The van der Waals surface area contributed by atoms with Gasteiger partial charge in [0, 0.05) is 13.1 Å². The number of imidazole rings is 1.